The highest BCUT2D eigenvalue weighted by molar-refractivity contribution is 5.99. The first-order valence-electron chi connectivity index (χ1n) is 18.6. The van der Waals surface area contributed by atoms with Gasteiger partial charge in [0, 0.05) is 113 Å². The van der Waals surface area contributed by atoms with Gasteiger partial charge in [0.25, 0.3) is 0 Å². The Bertz CT molecular complexity index is 1510. The van der Waals surface area contributed by atoms with Gasteiger partial charge in [-0.3, -0.25) is 15.0 Å². The van der Waals surface area contributed by atoms with Gasteiger partial charge in [0.05, 0.1) is 0 Å². The molecular weight excluding hydrogens is 608 g/mol. The van der Waals surface area contributed by atoms with Gasteiger partial charge < -0.3 is 34.3 Å². The van der Waals surface area contributed by atoms with Crippen LogP contribution in [0.1, 0.15) is 38.5 Å². The molecule has 6 aliphatic rings. The van der Waals surface area contributed by atoms with Gasteiger partial charge in [0.2, 0.25) is 17.9 Å². The summed E-state index contributed by atoms with van der Waals surface area (Å²) in [6.45, 7) is 12.5. The lowest BCUT2D eigenvalue weighted by atomic mass is 10.1. The first-order chi connectivity index (χ1) is 24.3. The molecule has 3 saturated heterocycles. The molecule has 3 fully saturated rings. The summed E-state index contributed by atoms with van der Waals surface area (Å²) in [5.41, 5.74) is 7.07. The summed E-state index contributed by atoms with van der Waals surface area (Å²) >= 11 is 0. The second-order valence-corrected chi connectivity index (χ2v) is 14.0. The Morgan fingerprint density at radius 3 is 0.939 bits per heavy atom. The van der Waals surface area contributed by atoms with Crippen molar-refractivity contribution in [1.82, 2.24) is 14.7 Å². The van der Waals surface area contributed by atoms with Crippen molar-refractivity contribution in [3.05, 3.63) is 72.8 Å². The Kier molecular flexibility index (Phi) is 8.23. The Hall–Kier alpha value is -4.73. The molecule has 0 saturated carbocycles. The van der Waals surface area contributed by atoms with E-state index in [0.717, 1.165) is 152 Å². The molecule has 6 heterocycles. The van der Waals surface area contributed by atoms with E-state index in [4.69, 9.17) is 15.0 Å². The Balaban J connectivity index is 1.04. The molecule has 0 unspecified atom stereocenters. The molecule has 0 bridgehead atoms. The molecule has 254 valence electrons. The van der Waals surface area contributed by atoms with Gasteiger partial charge in [0.1, 0.15) is 0 Å². The predicted molar refractivity (Wildman–Crippen MR) is 202 cm³/mol. The SMILES string of the molecule is c1cc(N(c2ccc(N3CCCN4CCCN=C43)cc2)c2ccc(N3CCCN4CCCN=C43)cc2)ccc1N1CCCN2CCCN=C21. The van der Waals surface area contributed by atoms with Crippen LogP contribution in [-0.2, 0) is 0 Å². The lowest BCUT2D eigenvalue weighted by molar-refractivity contribution is 0.360. The highest BCUT2D eigenvalue weighted by Gasteiger charge is 2.29. The molecule has 0 atom stereocenters. The summed E-state index contributed by atoms with van der Waals surface area (Å²) in [5, 5.41) is 0. The van der Waals surface area contributed by atoms with E-state index in [9.17, 15) is 0 Å². The fraction of sp³-hybridized carbons (Fsp3) is 0.462. The van der Waals surface area contributed by atoms with Gasteiger partial charge in [-0.15, -0.1) is 0 Å². The molecule has 0 radical (unpaired) electrons. The third kappa shape index (κ3) is 5.85. The van der Waals surface area contributed by atoms with Gasteiger partial charge >= 0.3 is 0 Å². The summed E-state index contributed by atoms with van der Waals surface area (Å²) < 4.78 is 0. The van der Waals surface area contributed by atoms with Crippen molar-refractivity contribution in [2.45, 2.75) is 38.5 Å². The molecule has 9 rings (SSSR count). The number of rotatable bonds is 6. The van der Waals surface area contributed by atoms with Gasteiger partial charge in [-0.25, -0.2) is 0 Å². The van der Waals surface area contributed by atoms with Crippen molar-refractivity contribution < 1.29 is 0 Å². The standard InChI is InChI=1S/C39H48N10/c1-19-40-37-43(22-1)25-4-28-46(37)31-7-13-34(14-8-31)49(35-15-9-32(10-16-35)47-29-5-26-44-23-2-20-41-38(44)47)36-17-11-33(12-18-36)48-30-6-27-45-24-3-21-42-39(45)48/h7-18H,1-6,19-30H2. The number of hydrogen-bond donors (Lipinski definition) is 0. The zero-order valence-corrected chi connectivity index (χ0v) is 28.6. The van der Waals surface area contributed by atoms with Crippen LogP contribution in [-0.4, -0.2) is 111 Å². The second-order valence-electron chi connectivity index (χ2n) is 14.0. The molecule has 0 N–H and O–H groups in total. The van der Waals surface area contributed by atoms with Crippen LogP contribution in [0.2, 0.25) is 0 Å². The van der Waals surface area contributed by atoms with E-state index in [1.807, 2.05) is 0 Å². The van der Waals surface area contributed by atoms with E-state index in [1.54, 1.807) is 0 Å². The predicted octanol–water partition coefficient (Wildman–Crippen LogP) is 5.97. The molecule has 3 aromatic rings. The van der Waals surface area contributed by atoms with E-state index < -0.39 is 0 Å². The molecule has 10 nitrogen and oxygen atoms in total. The van der Waals surface area contributed by atoms with Crippen molar-refractivity contribution >= 4 is 52.0 Å². The minimum atomic E-state index is 0.922. The fourth-order valence-electron chi connectivity index (χ4n) is 8.41. The lowest BCUT2D eigenvalue weighted by Crippen LogP contribution is -2.52. The molecule has 6 aliphatic heterocycles. The first-order valence-corrected chi connectivity index (χ1v) is 18.6. The van der Waals surface area contributed by atoms with E-state index >= 15 is 0 Å². The smallest absolute Gasteiger partial charge is 0.201 e. The molecule has 10 heteroatoms. The molecule has 49 heavy (non-hydrogen) atoms. The minimum absolute atomic E-state index is 0.922. The average molecular weight is 657 g/mol. The van der Waals surface area contributed by atoms with Crippen LogP contribution in [0.15, 0.2) is 87.8 Å². The molecule has 0 aliphatic carbocycles. The molecule has 0 aromatic heterocycles. The summed E-state index contributed by atoms with van der Waals surface area (Å²) in [6, 6.07) is 27.3. The van der Waals surface area contributed by atoms with Crippen molar-refractivity contribution in [2.75, 3.05) is 98.1 Å². The highest BCUT2D eigenvalue weighted by Crippen LogP contribution is 2.38. The summed E-state index contributed by atoms with van der Waals surface area (Å²) in [7, 11) is 0. The van der Waals surface area contributed by atoms with E-state index in [-0.39, 0.29) is 0 Å². The van der Waals surface area contributed by atoms with Crippen molar-refractivity contribution in [2.24, 2.45) is 15.0 Å². The third-order valence-corrected chi connectivity index (χ3v) is 10.8. The van der Waals surface area contributed by atoms with Crippen LogP contribution < -0.4 is 19.6 Å². The number of benzene rings is 3. The largest absolute Gasteiger partial charge is 0.342 e. The quantitative estimate of drug-likeness (QED) is 0.324. The molecular formula is C39H48N10. The van der Waals surface area contributed by atoms with Crippen molar-refractivity contribution in [1.29, 1.82) is 0 Å². The number of aliphatic imine (C=N–C) groups is 3. The zero-order chi connectivity index (χ0) is 32.6. The molecule has 3 aromatic carbocycles. The second kappa shape index (κ2) is 13.3. The monoisotopic (exact) mass is 656 g/mol. The Morgan fingerprint density at radius 1 is 0.347 bits per heavy atom. The Morgan fingerprint density at radius 2 is 0.633 bits per heavy atom. The maximum Gasteiger partial charge on any atom is 0.201 e. The van der Waals surface area contributed by atoms with Gasteiger partial charge in [-0.2, -0.15) is 0 Å². The van der Waals surface area contributed by atoms with Crippen LogP contribution in [0, 0.1) is 0 Å². The van der Waals surface area contributed by atoms with Gasteiger partial charge in [-0.1, -0.05) is 0 Å². The maximum absolute atomic E-state index is 4.93. The van der Waals surface area contributed by atoms with Crippen LogP contribution in [0.25, 0.3) is 0 Å². The van der Waals surface area contributed by atoms with Gasteiger partial charge in [0.15, 0.2) is 0 Å². The zero-order valence-electron chi connectivity index (χ0n) is 28.6. The van der Waals surface area contributed by atoms with E-state index in [0.29, 0.717) is 0 Å². The first kappa shape index (κ1) is 30.3. The normalized spacial score (nSPS) is 20.9. The highest BCUT2D eigenvalue weighted by atomic mass is 15.4. The number of anilines is 6. The van der Waals surface area contributed by atoms with Crippen LogP contribution in [0.4, 0.5) is 34.1 Å². The maximum atomic E-state index is 4.93. The summed E-state index contributed by atoms with van der Waals surface area (Å²) in [6.07, 6.45) is 6.93. The van der Waals surface area contributed by atoms with Crippen LogP contribution in [0.3, 0.4) is 0 Å². The number of fused-ring (bicyclic) bond motifs is 3. The summed E-state index contributed by atoms with van der Waals surface area (Å²) in [4.78, 5) is 31.8. The third-order valence-electron chi connectivity index (χ3n) is 10.8. The van der Waals surface area contributed by atoms with Crippen molar-refractivity contribution in [3.8, 4) is 0 Å². The number of nitrogens with zero attached hydrogens (tertiary/aromatic N) is 10. The fourth-order valence-corrected chi connectivity index (χ4v) is 8.41. The van der Waals surface area contributed by atoms with E-state index in [2.05, 4.69) is 107 Å². The average Bonchev–Trinajstić information content (AvgIpc) is 3.18. The lowest BCUT2D eigenvalue weighted by Gasteiger charge is -2.41. The Labute approximate surface area is 290 Å². The topological polar surface area (TPSA) is 59.8 Å². The minimum Gasteiger partial charge on any atom is -0.342 e. The van der Waals surface area contributed by atoms with Crippen LogP contribution >= 0.6 is 0 Å². The van der Waals surface area contributed by atoms with Crippen LogP contribution in [0.5, 0.6) is 0 Å². The summed E-state index contributed by atoms with van der Waals surface area (Å²) in [5.74, 6) is 3.43. The molecule has 0 amide bonds. The van der Waals surface area contributed by atoms with Crippen molar-refractivity contribution in [3.63, 3.8) is 0 Å². The number of hydrogen-bond acceptors (Lipinski definition) is 10. The van der Waals surface area contributed by atoms with E-state index in [1.165, 1.54) is 17.1 Å². The number of guanidine groups is 3. The van der Waals surface area contributed by atoms with Gasteiger partial charge in [-0.05, 0) is 111 Å². The molecule has 0 spiro atoms.